The zero-order chi connectivity index (χ0) is 11.4. The fourth-order valence-electron chi connectivity index (χ4n) is 1.43. The third-order valence-electron chi connectivity index (χ3n) is 2.73. The molecule has 0 aliphatic carbocycles. The summed E-state index contributed by atoms with van der Waals surface area (Å²) < 4.78 is 0. The van der Waals surface area contributed by atoms with E-state index in [0.29, 0.717) is 6.04 Å². The van der Waals surface area contributed by atoms with Crippen LogP contribution < -0.4 is 5.32 Å². The van der Waals surface area contributed by atoms with Gasteiger partial charge >= 0.3 is 0 Å². The average molecular weight is 200 g/mol. The van der Waals surface area contributed by atoms with Crippen LogP contribution in [0.3, 0.4) is 0 Å². The van der Waals surface area contributed by atoms with E-state index in [1.165, 1.54) is 0 Å². The summed E-state index contributed by atoms with van der Waals surface area (Å²) in [5, 5.41) is 3.19. The van der Waals surface area contributed by atoms with Crippen LogP contribution in [0.1, 0.15) is 41.0 Å². The van der Waals surface area contributed by atoms with Crippen LogP contribution in [0.15, 0.2) is 0 Å². The topological polar surface area (TPSA) is 32.3 Å². The SMILES string of the molecule is CCNC(C)(C)C(=O)N(C)C(C)CC. The Balaban J connectivity index is 4.44. The molecular weight excluding hydrogens is 176 g/mol. The van der Waals surface area contributed by atoms with Gasteiger partial charge in [-0.2, -0.15) is 0 Å². The van der Waals surface area contributed by atoms with Crippen molar-refractivity contribution >= 4 is 5.91 Å². The molecule has 1 unspecified atom stereocenters. The van der Waals surface area contributed by atoms with Gasteiger partial charge < -0.3 is 10.2 Å². The van der Waals surface area contributed by atoms with Gasteiger partial charge in [0.2, 0.25) is 5.91 Å². The number of likely N-dealkylation sites (N-methyl/N-ethyl adjacent to an activating group) is 2. The predicted octanol–water partition coefficient (Wildman–Crippen LogP) is 1.63. The van der Waals surface area contributed by atoms with Crippen LogP contribution in [-0.4, -0.2) is 36.0 Å². The van der Waals surface area contributed by atoms with E-state index in [4.69, 9.17) is 0 Å². The molecule has 0 fully saturated rings. The Morgan fingerprint density at radius 3 is 2.29 bits per heavy atom. The maximum Gasteiger partial charge on any atom is 0.242 e. The van der Waals surface area contributed by atoms with Crippen LogP contribution in [0.25, 0.3) is 0 Å². The van der Waals surface area contributed by atoms with E-state index in [1.54, 1.807) is 0 Å². The highest BCUT2D eigenvalue weighted by Crippen LogP contribution is 2.10. The number of carbonyl (C=O) groups is 1. The predicted molar refractivity (Wildman–Crippen MR) is 60.3 cm³/mol. The number of nitrogens with one attached hydrogen (secondary N) is 1. The fraction of sp³-hybridized carbons (Fsp3) is 0.909. The molecule has 0 saturated heterocycles. The normalized spacial score (nSPS) is 13.9. The van der Waals surface area contributed by atoms with Crippen LogP contribution in [-0.2, 0) is 4.79 Å². The summed E-state index contributed by atoms with van der Waals surface area (Å²) in [5.74, 6) is 0.161. The van der Waals surface area contributed by atoms with Crippen molar-refractivity contribution in [2.45, 2.75) is 52.6 Å². The van der Waals surface area contributed by atoms with Crippen molar-refractivity contribution in [3.8, 4) is 0 Å². The molecule has 0 rings (SSSR count). The highest BCUT2D eigenvalue weighted by atomic mass is 16.2. The molecule has 3 heteroatoms. The van der Waals surface area contributed by atoms with E-state index in [0.717, 1.165) is 13.0 Å². The molecule has 1 amide bonds. The summed E-state index contributed by atoms with van der Waals surface area (Å²) in [4.78, 5) is 13.8. The van der Waals surface area contributed by atoms with Gasteiger partial charge in [0.05, 0.1) is 5.54 Å². The molecule has 0 aromatic heterocycles. The molecule has 14 heavy (non-hydrogen) atoms. The van der Waals surface area contributed by atoms with Crippen molar-refractivity contribution in [1.29, 1.82) is 0 Å². The van der Waals surface area contributed by atoms with E-state index >= 15 is 0 Å². The first kappa shape index (κ1) is 13.4. The third kappa shape index (κ3) is 3.29. The molecule has 0 aromatic carbocycles. The summed E-state index contributed by atoms with van der Waals surface area (Å²) in [6.07, 6.45) is 0.991. The summed E-state index contributed by atoms with van der Waals surface area (Å²) in [5.41, 5.74) is -0.451. The highest BCUT2D eigenvalue weighted by molar-refractivity contribution is 5.85. The molecule has 0 aromatic rings. The van der Waals surface area contributed by atoms with Crippen LogP contribution in [0, 0.1) is 0 Å². The Morgan fingerprint density at radius 2 is 1.93 bits per heavy atom. The van der Waals surface area contributed by atoms with Gasteiger partial charge in [-0.15, -0.1) is 0 Å². The molecule has 84 valence electrons. The van der Waals surface area contributed by atoms with E-state index in [1.807, 2.05) is 32.7 Å². The summed E-state index contributed by atoms with van der Waals surface area (Å²) in [6.45, 7) is 10.8. The Morgan fingerprint density at radius 1 is 1.43 bits per heavy atom. The van der Waals surface area contributed by atoms with Crippen molar-refractivity contribution < 1.29 is 4.79 Å². The van der Waals surface area contributed by atoms with Gasteiger partial charge in [-0.25, -0.2) is 0 Å². The lowest BCUT2D eigenvalue weighted by Crippen LogP contribution is -2.54. The molecule has 0 aliphatic rings. The van der Waals surface area contributed by atoms with Gasteiger partial charge in [-0.1, -0.05) is 13.8 Å². The van der Waals surface area contributed by atoms with Crippen molar-refractivity contribution in [2.24, 2.45) is 0 Å². The monoisotopic (exact) mass is 200 g/mol. The van der Waals surface area contributed by atoms with Gasteiger partial charge in [0.15, 0.2) is 0 Å². The van der Waals surface area contributed by atoms with Crippen molar-refractivity contribution in [3.05, 3.63) is 0 Å². The highest BCUT2D eigenvalue weighted by Gasteiger charge is 2.30. The summed E-state index contributed by atoms with van der Waals surface area (Å²) in [6, 6.07) is 0.306. The second-order valence-corrected chi connectivity index (χ2v) is 4.33. The Hall–Kier alpha value is -0.570. The Labute approximate surface area is 87.9 Å². The van der Waals surface area contributed by atoms with Gasteiger partial charge in [0, 0.05) is 13.1 Å². The molecule has 0 radical (unpaired) electrons. The van der Waals surface area contributed by atoms with Crippen LogP contribution in [0.4, 0.5) is 0 Å². The number of hydrogen-bond donors (Lipinski definition) is 1. The van der Waals surface area contributed by atoms with Crippen molar-refractivity contribution in [3.63, 3.8) is 0 Å². The smallest absolute Gasteiger partial charge is 0.242 e. The second kappa shape index (κ2) is 5.35. The number of rotatable bonds is 5. The zero-order valence-electron chi connectivity index (χ0n) is 10.3. The lowest BCUT2D eigenvalue weighted by molar-refractivity contribution is -0.137. The molecule has 0 saturated carbocycles. The maximum absolute atomic E-state index is 12.0. The minimum atomic E-state index is -0.451. The molecule has 1 atom stereocenters. The number of amides is 1. The van der Waals surface area contributed by atoms with Crippen molar-refractivity contribution in [2.75, 3.05) is 13.6 Å². The summed E-state index contributed by atoms with van der Waals surface area (Å²) >= 11 is 0. The molecule has 3 nitrogen and oxygen atoms in total. The van der Waals surface area contributed by atoms with E-state index in [-0.39, 0.29) is 5.91 Å². The standard InChI is InChI=1S/C11H24N2O/c1-7-9(3)13(6)10(14)11(4,5)12-8-2/h9,12H,7-8H2,1-6H3. The molecule has 0 heterocycles. The van der Waals surface area contributed by atoms with E-state index in [9.17, 15) is 4.79 Å². The minimum Gasteiger partial charge on any atom is -0.341 e. The Bertz CT molecular complexity index is 190. The van der Waals surface area contributed by atoms with Crippen LogP contribution in [0.5, 0.6) is 0 Å². The average Bonchev–Trinajstić information content (AvgIpc) is 2.14. The lowest BCUT2D eigenvalue weighted by atomic mass is 10.0. The largest absolute Gasteiger partial charge is 0.341 e. The quantitative estimate of drug-likeness (QED) is 0.731. The number of carbonyl (C=O) groups excluding carboxylic acids is 1. The van der Waals surface area contributed by atoms with Crippen molar-refractivity contribution in [1.82, 2.24) is 10.2 Å². The Kier molecular flexibility index (Phi) is 5.13. The van der Waals surface area contributed by atoms with Gasteiger partial charge in [-0.05, 0) is 33.7 Å². The second-order valence-electron chi connectivity index (χ2n) is 4.33. The van der Waals surface area contributed by atoms with Crippen LogP contribution >= 0.6 is 0 Å². The zero-order valence-corrected chi connectivity index (χ0v) is 10.3. The third-order valence-corrected chi connectivity index (χ3v) is 2.73. The van der Waals surface area contributed by atoms with Gasteiger partial charge in [-0.3, -0.25) is 4.79 Å². The summed E-state index contributed by atoms with van der Waals surface area (Å²) in [7, 11) is 1.87. The fourth-order valence-corrected chi connectivity index (χ4v) is 1.43. The first-order chi connectivity index (χ1) is 6.36. The minimum absolute atomic E-state index is 0.161. The van der Waals surface area contributed by atoms with Gasteiger partial charge in [0.1, 0.15) is 0 Å². The van der Waals surface area contributed by atoms with E-state index < -0.39 is 5.54 Å². The number of nitrogens with zero attached hydrogens (tertiary/aromatic N) is 1. The van der Waals surface area contributed by atoms with Crippen LogP contribution in [0.2, 0.25) is 0 Å². The molecule has 0 spiro atoms. The lowest BCUT2D eigenvalue weighted by Gasteiger charge is -2.33. The first-order valence-corrected chi connectivity index (χ1v) is 5.39. The molecule has 0 aliphatic heterocycles. The molecule has 1 N–H and O–H groups in total. The molecule has 0 bridgehead atoms. The number of hydrogen-bond acceptors (Lipinski definition) is 2. The van der Waals surface area contributed by atoms with Gasteiger partial charge in [0.25, 0.3) is 0 Å². The molecular formula is C11H24N2O. The maximum atomic E-state index is 12.0. The van der Waals surface area contributed by atoms with E-state index in [2.05, 4.69) is 19.2 Å². The first-order valence-electron chi connectivity index (χ1n) is 5.39.